The van der Waals surface area contributed by atoms with Gasteiger partial charge in [0, 0.05) is 62.3 Å². The second-order valence-electron chi connectivity index (χ2n) is 26.1. The van der Waals surface area contributed by atoms with Gasteiger partial charge in [0.05, 0.1) is 24.8 Å². The normalized spacial score (nSPS) is 26.0. The first-order chi connectivity index (χ1) is 39.6. The lowest BCUT2D eigenvalue weighted by Gasteiger charge is -2.41. The first-order valence-corrected chi connectivity index (χ1v) is 30.3. The van der Waals surface area contributed by atoms with Crippen LogP contribution in [0.5, 0.6) is 0 Å². The lowest BCUT2D eigenvalue weighted by atomic mass is 9.91. The van der Waals surface area contributed by atoms with Gasteiger partial charge in [-0.25, -0.2) is 0 Å². The molecule has 25 nitrogen and oxygen atoms in total. The minimum Gasteiger partial charge on any atom is -0.390 e. The molecule has 0 aliphatic carbocycles. The highest BCUT2D eigenvalue weighted by molar-refractivity contribution is 5.99. The van der Waals surface area contributed by atoms with E-state index in [0.29, 0.717) is 12.8 Å². The summed E-state index contributed by atoms with van der Waals surface area (Å²) in [6, 6.07) is -11.8. The third kappa shape index (κ3) is 22.8. The monoisotopic (exact) mass is 1220 g/mol. The number of aliphatic hydroxyl groups excluding tert-OH is 1. The van der Waals surface area contributed by atoms with E-state index >= 15 is 4.79 Å². The summed E-state index contributed by atoms with van der Waals surface area (Å²) in [4.78, 5) is 169. The van der Waals surface area contributed by atoms with Crippen LogP contribution in [0.3, 0.4) is 0 Å². The van der Waals surface area contributed by atoms with Crippen molar-refractivity contribution >= 4 is 65.0 Å². The molecule has 0 aromatic rings. The summed E-state index contributed by atoms with van der Waals surface area (Å²) in [6.45, 7) is 22.5. The molecular weight excluding hydrogens is 1110 g/mol. The standard InChI is InChI=1S/C61H110N12O13/c1-24-26-28-39(11)51(76)50-55(80)63-41(27-25-2)56(81)67(17)34-47(75)70(20)45(31-61(13,14)86)54(79)65-48(37(7)8)59(84)71(21)43(29-35(3)4)53(78)62-40(12)52(77)64-42(32-66(15)16)57(82)68(18)33-46(74)69(19)44(30-36(5)6)58(83)72(22)49(38(9)10)60(85)73(50)23/h24,26,35-45,48-51,76,86H,25,27-34H2,1-23H3,(H,62,78)(H,63,80)(H,64,77)(H,65,79)/b26-24+/t39-,40+,41-,42?,43-,44+,45+,48+,49-,50?,51-/m1/s1. The van der Waals surface area contributed by atoms with Crippen LogP contribution in [-0.4, -0.2) is 264 Å². The molecule has 0 bridgehead atoms. The van der Waals surface area contributed by atoms with Crippen molar-refractivity contribution in [2.45, 2.75) is 202 Å². The van der Waals surface area contributed by atoms with Crippen LogP contribution < -0.4 is 21.3 Å². The first kappa shape index (κ1) is 77.8. The molecule has 492 valence electrons. The SMILES string of the molecule is C/C=C/C[C@@H](C)[C@@H](O)C1C(=O)N[C@H](CCC)C(=O)N(C)CC(=O)N(C)[C@@H](CC(C)(C)O)C(=O)N[C@@H](C(C)C)C(=O)N(C)[C@H](CC(C)C)C(=O)N[C@@H](C)C(=O)NC(CN(C)C)C(=O)N(C)CC(=O)N(C)[C@@H](CC(C)C)C(=O)N(C)[C@H](C(C)C)C(=O)N1C. The molecule has 0 saturated carbocycles. The molecule has 86 heavy (non-hydrogen) atoms. The molecule has 1 saturated heterocycles. The minimum atomic E-state index is -1.63. The molecule has 11 amide bonds. The van der Waals surface area contributed by atoms with E-state index in [0.717, 1.165) is 19.6 Å². The number of rotatable bonds is 16. The Balaban J connectivity index is 4.33. The Morgan fingerprint density at radius 2 is 1.03 bits per heavy atom. The molecule has 1 aliphatic heterocycles. The van der Waals surface area contributed by atoms with E-state index in [9.17, 15) is 58.2 Å². The number of nitrogens with one attached hydrogen (secondary N) is 4. The van der Waals surface area contributed by atoms with Gasteiger partial charge in [-0.3, -0.25) is 52.7 Å². The number of carbonyl (C=O) groups excluding carboxylic acids is 11. The number of carbonyl (C=O) groups is 11. The summed E-state index contributed by atoms with van der Waals surface area (Å²) in [6.07, 6.45) is 2.68. The van der Waals surface area contributed by atoms with Gasteiger partial charge in [-0.15, -0.1) is 0 Å². The molecule has 2 unspecified atom stereocenters. The summed E-state index contributed by atoms with van der Waals surface area (Å²) >= 11 is 0. The number of amides is 11. The van der Waals surface area contributed by atoms with Crippen molar-refractivity contribution in [1.82, 2.24) is 60.5 Å². The first-order valence-electron chi connectivity index (χ1n) is 30.3. The van der Waals surface area contributed by atoms with Crippen molar-refractivity contribution in [2.24, 2.45) is 29.6 Å². The van der Waals surface area contributed by atoms with Crippen LogP contribution in [0.1, 0.15) is 135 Å². The molecule has 11 atom stereocenters. The Morgan fingerprint density at radius 3 is 1.49 bits per heavy atom. The molecular formula is C61H110N12O13. The predicted molar refractivity (Wildman–Crippen MR) is 329 cm³/mol. The van der Waals surface area contributed by atoms with Crippen LogP contribution in [0.4, 0.5) is 0 Å². The molecule has 1 heterocycles. The highest BCUT2D eigenvalue weighted by atomic mass is 16.3. The van der Waals surface area contributed by atoms with Crippen LogP contribution in [0, 0.1) is 29.6 Å². The number of allylic oxidation sites excluding steroid dienone is 2. The number of aliphatic hydroxyl groups is 2. The summed E-state index contributed by atoms with van der Waals surface area (Å²) in [5.41, 5.74) is -1.55. The van der Waals surface area contributed by atoms with Crippen molar-refractivity contribution in [3.05, 3.63) is 12.2 Å². The molecule has 1 fully saturated rings. The van der Waals surface area contributed by atoms with E-state index in [1.807, 2.05) is 27.7 Å². The Morgan fingerprint density at radius 1 is 0.570 bits per heavy atom. The highest BCUT2D eigenvalue weighted by Gasteiger charge is 2.45. The lowest BCUT2D eigenvalue weighted by molar-refractivity contribution is -0.156. The van der Waals surface area contributed by atoms with Crippen LogP contribution in [0.15, 0.2) is 12.2 Å². The largest absolute Gasteiger partial charge is 0.390 e. The fraction of sp³-hybridized carbons (Fsp3) is 0.787. The molecule has 6 N–H and O–H groups in total. The molecule has 0 radical (unpaired) electrons. The Bertz CT molecular complexity index is 2360. The van der Waals surface area contributed by atoms with E-state index in [2.05, 4.69) is 21.3 Å². The summed E-state index contributed by atoms with van der Waals surface area (Å²) < 4.78 is 0. The zero-order valence-electron chi connectivity index (χ0n) is 56.1. The van der Waals surface area contributed by atoms with E-state index in [-0.39, 0.29) is 44.1 Å². The zero-order chi connectivity index (χ0) is 66.7. The third-order valence-electron chi connectivity index (χ3n) is 15.7. The van der Waals surface area contributed by atoms with Crippen LogP contribution >= 0.6 is 0 Å². The second kappa shape index (κ2) is 35.0. The highest BCUT2D eigenvalue weighted by Crippen LogP contribution is 2.25. The topological polar surface area (TPSA) is 302 Å². The average molecular weight is 1220 g/mol. The fourth-order valence-electron chi connectivity index (χ4n) is 10.4. The molecule has 1 aliphatic rings. The van der Waals surface area contributed by atoms with Gasteiger partial charge in [-0.2, -0.15) is 0 Å². The van der Waals surface area contributed by atoms with E-state index in [1.54, 1.807) is 79.6 Å². The molecule has 25 heteroatoms. The summed E-state index contributed by atoms with van der Waals surface area (Å²) in [7, 11) is 12.9. The van der Waals surface area contributed by atoms with Crippen molar-refractivity contribution in [3.8, 4) is 0 Å². The van der Waals surface area contributed by atoms with Gasteiger partial charge >= 0.3 is 0 Å². The summed E-state index contributed by atoms with van der Waals surface area (Å²) in [5, 5.41) is 34.1. The second-order valence-corrected chi connectivity index (χ2v) is 26.1. The smallest absolute Gasteiger partial charge is 0.246 e. The van der Waals surface area contributed by atoms with Gasteiger partial charge in [0.25, 0.3) is 0 Å². The van der Waals surface area contributed by atoms with E-state index in [1.165, 1.54) is 84.8 Å². The van der Waals surface area contributed by atoms with Gasteiger partial charge in [0.15, 0.2) is 0 Å². The van der Waals surface area contributed by atoms with Crippen molar-refractivity contribution in [2.75, 3.05) is 83.1 Å². The van der Waals surface area contributed by atoms with Crippen molar-refractivity contribution in [3.63, 3.8) is 0 Å². The van der Waals surface area contributed by atoms with E-state index in [4.69, 9.17) is 0 Å². The van der Waals surface area contributed by atoms with Gasteiger partial charge in [0.2, 0.25) is 65.0 Å². The molecule has 0 aromatic heterocycles. The van der Waals surface area contributed by atoms with E-state index < -0.39 is 162 Å². The fourth-order valence-corrected chi connectivity index (χ4v) is 10.4. The van der Waals surface area contributed by atoms with Gasteiger partial charge in [-0.1, -0.05) is 87.8 Å². The molecule has 1 rings (SSSR count). The Hall–Kier alpha value is -6.21. The minimum absolute atomic E-state index is 0.0309. The maximum absolute atomic E-state index is 15.1. The number of nitrogens with zero attached hydrogens (tertiary/aromatic N) is 8. The quantitative estimate of drug-likeness (QED) is 0.117. The van der Waals surface area contributed by atoms with Crippen LogP contribution in [-0.2, 0) is 52.7 Å². The third-order valence-corrected chi connectivity index (χ3v) is 15.7. The predicted octanol–water partition coefficient (Wildman–Crippen LogP) is 0.901. The lowest BCUT2D eigenvalue weighted by Crippen LogP contribution is -2.63. The van der Waals surface area contributed by atoms with Crippen LogP contribution in [0.2, 0.25) is 0 Å². The zero-order valence-corrected chi connectivity index (χ0v) is 56.1. The van der Waals surface area contributed by atoms with Crippen LogP contribution in [0.25, 0.3) is 0 Å². The van der Waals surface area contributed by atoms with Crippen molar-refractivity contribution in [1.29, 1.82) is 0 Å². The number of hydrogen-bond donors (Lipinski definition) is 6. The molecule has 0 spiro atoms. The average Bonchev–Trinajstić information content (AvgIpc) is 3.42. The molecule has 0 aromatic carbocycles. The maximum atomic E-state index is 15.1. The Labute approximate surface area is 513 Å². The van der Waals surface area contributed by atoms with Gasteiger partial charge in [-0.05, 0) is 97.1 Å². The van der Waals surface area contributed by atoms with Gasteiger partial charge < -0.3 is 70.7 Å². The number of hydrogen-bond acceptors (Lipinski definition) is 14. The van der Waals surface area contributed by atoms with Gasteiger partial charge in [0.1, 0.15) is 54.4 Å². The number of likely N-dealkylation sites (N-methyl/N-ethyl adjacent to an activating group) is 8. The Kier molecular flexibility index (Phi) is 31.6. The summed E-state index contributed by atoms with van der Waals surface area (Å²) in [5.74, 6) is -10.2. The van der Waals surface area contributed by atoms with Crippen molar-refractivity contribution < 1.29 is 63.0 Å². The maximum Gasteiger partial charge on any atom is 0.246 e.